The first-order valence-electron chi connectivity index (χ1n) is 6.78. The summed E-state index contributed by atoms with van der Waals surface area (Å²) >= 11 is 6.01. The highest BCUT2D eigenvalue weighted by Crippen LogP contribution is 2.22. The van der Waals surface area contributed by atoms with Gasteiger partial charge in [-0.15, -0.1) is 0 Å². The highest BCUT2D eigenvalue weighted by atomic mass is 35.5. The lowest BCUT2D eigenvalue weighted by Gasteiger charge is -2.12. The highest BCUT2D eigenvalue weighted by molar-refractivity contribution is 6.30. The molecular weight excluding hydrogens is 284 g/mol. The number of nitrogens with zero attached hydrogens (tertiary/aromatic N) is 1. The Morgan fingerprint density at radius 3 is 2.67 bits per heavy atom. The molecule has 0 amide bonds. The van der Waals surface area contributed by atoms with E-state index in [2.05, 4.69) is 10.3 Å². The van der Waals surface area contributed by atoms with E-state index in [1.165, 1.54) is 0 Å². The largest absolute Gasteiger partial charge is 0.359 e. The fourth-order valence-corrected chi connectivity index (χ4v) is 2.06. The van der Waals surface area contributed by atoms with Crippen molar-refractivity contribution in [2.45, 2.75) is 20.3 Å². The van der Waals surface area contributed by atoms with Gasteiger partial charge in [-0.1, -0.05) is 24.6 Å². The quantitative estimate of drug-likeness (QED) is 0.646. The molecule has 108 valence electrons. The number of hydrogen-bond donors (Lipinski definition) is 1. The van der Waals surface area contributed by atoms with Gasteiger partial charge >= 0.3 is 0 Å². The third-order valence-corrected chi connectivity index (χ3v) is 3.38. The molecular formula is C17H17ClN2O. The average molecular weight is 301 g/mol. The zero-order valence-corrected chi connectivity index (χ0v) is 12.8. The van der Waals surface area contributed by atoms with Crippen molar-refractivity contribution in [3.05, 3.63) is 70.6 Å². The normalized spacial score (nSPS) is 11.3. The fraction of sp³-hybridized carbons (Fsp3) is 0.176. The first-order valence-corrected chi connectivity index (χ1v) is 7.16. The Labute approximate surface area is 129 Å². The first-order chi connectivity index (χ1) is 10.1. The number of ketones is 1. The second-order valence-electron chi connectivity index (χ2n) is 4.71. The summed E-state index contributed by atoms with van der Waals surface area (Å²) in [6, 6.07) is 9.06. The molecule has 1 aromatic carbocycles. The molecule has 0 spiro atoms. The van der Waals surface area contributed by atoms with Gasteiger partial charge in [-0.25, -0.2) is 0 Å². The van der Waals surface area contributed by atoms with Gasteiger partial charge in [0, 0.05) is 40.4 Å². The van der Waals surface area contributed by atoms with Crippen LogP contribution in [-0.2, 0) is 0 Å². The number of allylic oxidation sites excluding steroid dienone is 2. The van der Waals surface area contributed by atoms with Crippen LogP contribution >= 0.6 is 11.6 Å². The second kappa shape index (κ2) is 7.04. The first kappa shape index (κ1) is 15.3. The summed E-state index contributed by atoms with van der Waals surface area (Å²) < 4.78 is 0. The van der Waals surface area contributed by atoms with Crippen LogP contribution in [0.2, 0.25) is 5.02 Å². The molecule has 0 saturated heterocycles. The summed E-state index contributed by atoms with van der Waals surface area (Å²) in [6.45, 7) is 4.00. The van der Waals surface area contributed by atoms with Gasteiger partial charge in [-0.05, 0) is 43.2 Å². The van der Waals surface area contributed by atoms with E-state index >= 15 is 0 Å². The maximum Gasteiger partial charge on any atom is 0.187 e. The Morgan fingerprint density at radius 2 is 2.00 bits per heavy atom. The van der Waals surface area contributed by atoms with Crippen molar-refractivity contribution in [3.63, 3.8) is 0 Å². The van der Waals surface area contributed by atoms with Crippen molar-refractivity contribution in [1.29, 1.82) is 0 Å². The number of benzene rings is 1. The molecule has 1 N–H and O–H groups in total. The van der Waals surface area contributed by atoms with Gasteiger partial charge in [-0.3, -0.25) is 9.78 Å². The predicted molar refractivity (Wildman–Crippen MR) is 86.8 cm³/mol. The molecule has 1 aromatic heterocycles. The van der Waals surface area contributed by atoms with Crippen LogP contribution in [0.15, 0.2) is 54.5 Å². The van der Waals surface area contributed by atoms with E-state index < -0.39 is 0 Å². The zero-order valence-electron chi connectivity index (χ0n) is 12.1. The summed E-state index contributed by atoms with van der Waals surface area (Å²) in [5.41, 5.74) is 3.47. The molecule has 0 aliphatic carbocycles. The van der Waals surface area contributed by atoms with Crippen LogP contribution in [0.3, 0.4) is 0 Å². The standard InChI is InChI=1S/C17H17ClN2O/c1-3-15(11-17(21)13-6-8-19-9-7-13)20-16-10-14(18)5-4-12(16)2/h4-11,20H,3H2,1-2H3/b15-11-. The third-order valence-electron chi connectivity index (χ3n) is 3.15. The smallest absolute Gasteiger partial charge is 0.187 e. The second-order valence-corrected chi connectivity index (χ2v) is 5.14. The number of carbonyl (C=O) groups excluding carboxylic acids is 1. The Hall–Kier alpha value is -2.13. The van der Waals surface area contributed by atoms with E-state index in [0.717, 1.165) is 23.4 Å². The maximum absolute atomic E-state index is 12.2. The van der Waals surface area contributed by atoms with E-state index in [1.54, 1.807) is 30.6 Å². The zero-order chi connectivity index (χ0) is 15.2. The summed E-state index contributed by atoms with van der Waals surface area (Å²) in [6.07, 6.45) is 5.57. The fourth-order valence-electron chi connectivity index (χ4n) is 1.89. The Kier molecular flexibility index (Phi) is 5.12. The molecule has 0 aliphatic heterocycles. The summed E-state index contributed by atoms with van der Waals surface area (Å²) in [4.78, 5) is 16.1. The number of halogens is 1. The van der Waals surface area contributed by atoms with Crippen LogP contribution in [0.4, 0.5) is 5.69 Å². The van der Waals surface area contributed by atoms with Crippen molar-refractivity contribution in [2.75, 3.05) is 5.32 Å². The number of pyridine rings is 1. The van der Waals surface area contributed by atoms with Gasteiger partial charge in [0.15, 0.2) is 5.78 Å². The molecule has 21 heavy (non-hydrogen) atoms. The topological polar surface area (TPSA) is 42.0 Å². The van der Waals surface area contributed by atoms with Crippen LogP contribution in [0.25, 0.3) is 0 Å². The van der Waals surface area contributed by atoms with Crippen molar-refractivity contribution in [1.82, 2.24) is 4.98 Å². The lowest BCUT2D eigenvalue weighted by Crippen LogP contribution is -2.04. The van der Waals surface area contributed by atoms with Gasteiger partial charge in [-0.2, -0.15) is 0 Å². The van der Waals surface area contributed by atoms with E-state index in [1.807, 2.05) is 32.0 Å². The van der Waals surface area contributed by atoms with E-state index in [4.69, 9.17) is 11.6 Å². The molecule has 2 aromatic rings. The number of anilines is 1. The van der Waals surface area contributed by atoms with Crippen LogP contribution in [0.1, 0.15) is 29.3 Å². The number of aromatic nitrogens is 1. The number of hydrogen-bond acceptors (Lipinski definition) is 3. The van der Waals surface area contributed by atoms with Crippen LogP contribution < -0.4 is 5.32 Å². The van der Waals surface area contributed by atoms with E-state index in [9.17, 15) is 4.79 Å². The minimum atomic E-state index is -0.0403. The average Bonchev–Trinajstić information content (AvgIpc) is 2.51. The molecule has 3 nitrogen and oxygen atoms in total. The third kappa shape index (κ3) is 4.17. The van der Waals surface area contributed by atoms with Gasteiger partial charge in [0.05, 0.1) is 0 Å². The van der Waals surface area contributed by atoms with Crippen LogP contribution in [-0.4, -0.2) is 10.8 Å². The lowest BCUT2D eigenvalue weighted by molar-refractivity contribution is 0.104. The molecule has 0 radical (unpaired) electrons. The lowest BCUT2D eigenvalue weighted by atomic mass is 10.1. The van der Waals surface area contributed by atoms with Crippen molar-refractivity contribution in [2.24, 2.45) is 0 Å². The molecule has 0 unspecified atom stereocenters. The number of aryl methyl sites for hydroxylation is 1. The maximum atomic E-state index is 12.2. The van der Waals surface area contributed by atoms with Crippen molar-refractivity contribution in [3.8, 4) is 0 Å². The van der Waals surface area contributed by atoms with Crippen molar-refractivity contribution >= 4 is 23.1 Å². The summed E-state index contributed by atoms with van der Waals surface area (Å²) in [5.74, 6) is -0.0403. The molecule has 0 atom stereocenters. The molecule has 0 bridgehead atoms. The van der Waals surface area contributed by atoms with Gasteiger partial charge < -0.3 is 5.32 Å². The Bertz CT molecular complexity index is 666. The van der Waals surface area contributed by atoms with Gasteiger partial charge in [0.25, 0.3) is 0 Å². The van der Waals surface area contributed by atoms with Crippen molar-refractivity contribution < 1.29 is 4.79 Å². The molecule has 1 heterocycles. The van der Waals surface area contributed by atoms with Crippen LogP contribution in [0.5, 0.6) is 0 Å². The number of nitrogens with one attached hydrogen (secondary N) is 1. The molecule has 2 rings (SSSR count). The minimum absolute atomic E-state index is 0.0403. The van der Waals surface area contributed by atoms with Gasteiger partial charge in [0.2, 0.25) is 0 Å². The number of carbonyl (C=O) groups is 1. The number of rotatable bonds is 5. The minimum Gasteiger partial charge on any atom is -0.359 e. The van der Waals surface area contributed by atoms with E-state index in [0.29, 0.717) is 10.6 Å². The Balaban J connectivity index is 2.21. The van der Waals surface area contributed by atoms with Crippen LogP contribution in [0, 0.1) is 6.92 Å². The monoisotopic (exact) mass is 300 g/mol. The molecule has 0 fully saturated rings. The highest BCUT2D eigenvalue weighted by Gasteiger charge is 2.06. The molecule has 0 saturated carbocycles. The molecule has 0 aliphatic rings. The summed E-state index contributed by atoms with van der Waals surface area (Å²) in [7, 11) is 0. The summed E-state index contributed by atoms with van der Waals surface area (Å²) in [5, 5.41) is 3.94. The SMILES string of the molecule is CC/C(=C/C(=O)c1ccncc1)Nc1cc(Cl)ccc1C. The van der Waals surface area contributed by atoms with E-state index in [-0.39, 0.29) is 5.78 Å². The molecule has 4 heteroatoms. The Morgan fingerprint density at radius 1 is 1.29 bits per heavy atom. The van der Waals surface area contributed by atoms with Gasteiger partial charge in [0.1, 0.15) is 0 Å². The predicted octanol–water partition coefficient (Wildman–Crippen LogP) is 4.63.